The number of hydrogen-bond donors (Lipinski definition) is 3. The highest BCUT2D eigenvalue weighted by atomic mass is 19.4. The maximum atomic E-state index is 12.8. The van der Waals surface area contributed by atoms with E-state index in [2.05, 4.69) is 35.7 Å². The number of rotatable bonds is 5. The number of H-pyrrole nitrogens is 2. The van der Waals surface area contributed by atoms with E-state index in [0.717, 1.165) is 12.1 Å². The quantitative estimate of drug-likeness (QED) is 0.424. The second-order valence-corrected chi connectivity index (χ2v) is 6.76. The average molecular weight is 443 g/mol. The van der Waals surface area contributed by atoms with Crippen LogP contribution in [-0.4, -0.2) is 36.3 Å². The Bertz CT molecular complexity index is 1230. The third-order valence-corrected chi connectivity index (χ3v) is 4.49. The van der Waals surface area contributed by atoms with Crippen molar-refractivity contribution in [3.05, 3.63) is 65.5 Å². The van der Waals surface area contributed by atoms with Crippen molar-refractivity contribution in [2.24, 2.45) is 0 Å². The molecular weight excluding hydrogens is 427 g/mol. The number of nitrogens with zero attached hydrogens (tertiary/aromatic N) is 4. The second kappa shape index (κ2) is 8.13. The first-order chi connectivity index (χ1) is 15.2. The number of amides is 1. The maximum Gasteiger partial charge on any atom is 0.416 e. The van der Waals surface area contributed by atoms with E-state index in [1.807, 2.05) is 0 Å². The molecule has 0 aliphatic rings. The summed E-state index contributed by atoms with van der Waals surface area (Å²) in [6.45, 7) is 3.49. The van der Waals surface area contributed by atoms with E-state index in [-0.39, 0.29) is 23.0 Å². The number of anilines is 1. The predicted molar refractivity (Wildman–Crippen MR) is 107 cm³/mol. The standard InChI is InChI=1S/C20H16F3N7O2/c1-10-16(11(2)29-28-10)27-19(31)18-24-9-15(17(26-18)14-7-8-25-30-14)32-13-5-3-12(4-6-13)20(21,22)23/h3-9H,1-2H3,(H,25,30)(H,27,31)(H,28,29). The monoisotopic (exact) mass is 443 g/mol. The van der Waals surface area contributed by atoms with Gasteiger partial charge in [0.15, 0.2) is 5.75 Å². The van der Waals surface area contributed by atoms with Gasteiger partial charge in [0.1, 0.15) is 11.4 Å². The number of alkyl halides is 3. The molecule has 0 fully saturated rings. The van der Waals surface area contributed by atoms with Gasteiger partial charge in [-0.1, -0.05) is 0 Å². The lowest BCUT2D eigenvalue weighted by molar-refractivity contribution is -0.137. The van der Waals surface area contributed by atoms with E-state index >= 15 is 0 Å². The minimum atomic E-state index is -4.45. The lowest BCUT2D eigenvalue weighted by atomic mass is 10.2. The third kappa shape index (κ3) is 4.29. The molecule has 0 aliphatic heterocycles. The van der Waals surface area contributed by atoms with Crippen LogP contribution < -0.4 is 10.1 Å². The van der Waals surface area contributed by atoms with Crippen LogP contribution in [0.5, 0.6) is 11.5 Å². The Balaban J connectivity index is 1.64. The summed E-state index contributed by atoms with van der Waals surface area (Å²) in [7, 11) is 0. The fourth-order valence-corrected chi connectivity index (χ4v) is 2.88. The number of nitrogens with one attached hydrogen (secondary N) is 3. The summed E-state index contributed by atoms with van der Waals surface area (Å²) in [6.07, 6.45) is -1.70. The molecule has 9 nitrogen and oxygen atoms in total. The minimum Gasteiger partial charge on any atom is -0.453 e. The molecule has 3 aromatic heterocycles. The van der Waals surface area contributed by atoms with Crippen molar-refractivity contribution in [3.8, 4) is 22.9 Å². The molecule has 4 aromatic rings. The van der Waals surface area contributed by atoms with Crippen LogP contribution in [-0.2, 0) is 6.18 Å². The minimum absolute atomic E-state index is 0.126. The Morgan fingerprint density at radius 1 is 1.09 bits per heavy atom. The van der Waals surface area contributed by atoms with Gasteiger partial charge in [-0.2, -0.15) is 23.4 Å². The van der Waals surface area contributed by atoms with Crippen LogP contribution >= 0.6 is 0 Å². The van der Waals surface area contributed by atoms with Crippen molar-refractivity contribution in [1.82, 2.24) is 30.4 Å². The van der Waals surface area contributed by atoms with Crippen LogP contribution in [0.15, 0.2) is 42.7 Å². The topological polar surface area (TPSA) is 121 Å². The van der Waals surface area contributed by atoms with Crippen molar-refractivity contribution in [2.75, 3.05) is 5.32 Å². The largest absolute Gasteiger partial charge is 0.453 e. The van der Waals surface area contributed by atoms with Crippen molar-refractivity contribution in [1.29, 1.82) is 0 Å². The highest BCUT2D eigenvalue weighted by Gasteiger charge is 2.30. The zero-order valence-corrected chi connectivity index (χ0v) is 16.8. The van der Waals surface area contributed by atoms with Gasteiger partial charge in [0.25, 0.3) is 5.91 Å². The summed E-state index contributed by atoms with van der Waals surface area (Å²) in [5, 5.41) is 16.1. The van der Waals surface area contributed by atoms with Gasteiger partial charge in [-0.15, -0.1) is 0 Å². The highest BCUT2D eigenvalue weighted by Crippen LogP contribution is 2.33. The molecule has 3 N–H and O–H groups in total. The molecule has 164 valence electrons. The molecule has 0 saturated heterocycles. The Kier molecular flexibility index (Phi) is 5.34. The Labute approximate surface area is 179 Å². The van der Waals surface area contributed by atoms with Gasteiger partial charge in [0, 0.05) is 6.20 Å². The van der Waals surface area contributed by atoms with Crippen LogP contribution in [0.1, 0.15) is 27.6 Å². The van der Waals surface area contributed by atoms with Crippen molar-refractivity contribution in [3.63, 3.8) is 0 Å². The molecule has 32 heavy (non-hydrogen) atoms. The fraction of sp³-hybridized carbons (Fsp3) is 0.150. The summed E-state index contributed by atoms with van der Waals surface area (Å²) >= 11 is 0. The first-order valence-electron chi connectivity index (χ1n) is 9.27. The fourth-order valence-electron chi connectivity index (χ4n) is 2.88. The number of halogens is 3. The second-order valence-electron chi connectivity index (χ2n) is 6.76. The molecule has 1 aromatic carbocycles. The maximum absolute atomic E-state index is 12.8. The summed E-state index contributed by atoms with van der Waals surface area (Å²) in [5.41, 5.74) is 1.64. The highest BCUT2D eigenvalue weighted by molar-refractivity contribution is 6.02. The van der Waals surface area contributed by atoms with Crippen molar-refractivity contribution >= 4 is 11.6 Å². The van der Waals surface area contributed by atoms with Crippen LogP contribution in [0.4, 0.5) is 18.9 Å². The van der Waals surface area contributed by atoms with E-state index < -0.39 is 17.6 Å². The van der Waals surface area contributed by atoms with E-state index in [1.165, 1.54) is 24.5 Å². The van der Waals surface area contributed by atoms with Gasteiger partial charge in [0.2, 0.25) is 5.82 Å². The van der Waals surface area contributed by atoms with Gasteiger partial charge < -0.3 is 10.1 Å². The molecule has 1 amide bonds. The number of aryl methyl sites for hydroxylation is 2. The number of carbonyl (C=O) groups is 1. The third-order valence-electron chi connectivity index (χ3n) is 4.49. The Morgan fingerprint density at radius 3 is 2.44 bits per heavy atom. The van der Waals surface area contributed by atoms with Crippen molar-refractivity contribution < 1.29 is 22.7 Å². The number of aromatic amines is 2. The summed E-state index contributed by atoms with van der Waals surface area (Å²) < 4.78 is 44.1. The predicted octanol–water partition coefficient (Wildman–Crippen LogP) is 4.27. The molecule has 0 saturated carbocycles. The molecule has 0 atom stereocenters. The van der Waals surface area contributed by atoms with Crippen LogP contribution in [0.3, 0.4) is 0 Å². The molecule has 0 unspecified atom stereocenters. The Morgan fingerprint density at radius 2 is 1.84 bits per heavy atom. The molecule has 0 radical (unpaired) electrons. The number of carbonyl (C=O) groups excluding carboxylic acids is 1. The zero-order valence-electron chi connectivity index (χ0n) is 16.8. The van der Waals surface area contributed by atoms with Gasteiger partial charge in [0.05, 0.1) is 34.5 Å². The van der Waals surface area contributed by atoms with Crippen LogP contribution in [0.2, 0.25) is 0 Å². The van der Waals surface area contributed by atoms with E-state index in [4.69, 9.17) is 4.74 Å². The van der Waals surface area contributed by atoms with E-state index in [1.54, 1.807) is 19.9 Å². The molecule has 3 heterocycles. The first-order valence-corrected chi connectivity index (χ1v) is 9.27. The normalized spacial score (nSPS) is 11.4. The van der Waals surface area contributed by atoms with Crippen LogP contribution in [0, 0.1) is 13.8 Å². The number of ether oxygens (including phenoxy) is 1. The zero-order chi connectivity index (χ0) is 22.9. The van der Waals surface area contributed by atoms with Gasteiger partial charge in [-0.3, -0.25) is 15.0 Å². The molecule has 4 rings (SSSR count). The molecule has 0 spiro atoms. The number of aromatic nitrogens is 6. The summed E-state index contributed by atoms with van der Waals surface area (Å²) in [5.74, 6) is -0.445. The Hall–Kier alpha value is -4.22. The number of hydrogen-bond acceptors (Lipinski definition) is 6. The smallest absolute Gasteiger partial charge is 0.416 e. The first kappa shape index (κ1) is 21.0. The van der Waals surface area contributed by atoms with Gasteiger partial charge in [-0.05, 0) is 44.2 Å². The van der Waals surface area contributed by atoms with Crippen molar-refractivity contribution in [2.45, 2.75) is 20.0 Å². The van der Waals surface area contributed by atoms with E-state index in [9.17, 15) is 18.0 Å². The molecule has 0 aliphatic carbocycles. The lowest BCUT2D eigenvalue weighted by Crippen LogP contribution is -2.17. The molecule has 0 bridgehead atoms. The van der Waals surface area contributed by atoms with Gasteiger partial charge >= 0.3 is 6.18 Å². The van der Waals surface area contributed by atoms with Gasteiger partial charge in [-0.25, -0.2) is 9.97 Å². The summed E-state index contributed by atoms with van der Waals surface area (Å²) in [4.78, 5) is 21.0. The molecule has 12 heteroatoms. The number of benzene rings is 1. The molecular formula is C20H16F3N7O2. The lowest BCUT2D eigenvalue weighted by Gasteiger charge is -2.12. The van der Waals surface area contributed by atoms with E-state index in [0.29, 0.717) is 22.8 Å². The average Bonchev–Trinajstić information content (AvgIpc) is 3.40. The summed E-state index contributed by atoms with van der Waals surface area (Å²) in [6, 6.07) is 5.79. The van der Waals surface area contributed by atoms with Crippen LogP contribution in [0.25, 0.3) is 11.4 Å². The SMILES string of the molecule is Cc1n[nH]c(C)c1NC(=O)c1ncc(Oc2ccc(C(F)(F)F)cc2)c(-c2ccn[nH]2)n1.